The number of aryl methyl sites for hydroxylation is 2. The van der Waals surface area contributed by atoms with Crippen LogP contribution in [0.2, 0.25) is 0 Å². The Labute approximate surface area is 117 Å². The summed E-state index contributed by atoms with van der Waals surface area (Å²) in [5, 5.41) is 15.9. The van der Waals surface area contributed by atoms with Crippen LogP contribution in [-0.4, -0.2) is 11.7 Å². The van der Waals surface area contributed by atoms with Crippen LogP contribution in [0.1, 0.15) is 29.0 Å². The minimum atomic E-state index is -0.497. The molecule has 0 amide bonds. The van der Waals surface area contributed by atoms with Crippen molar-refractivity contribution in [2.45, 2.75) is 26.7 Å². The second-order valence-electron chi connectivity index (χ2n) is 4.61. The van der Waals surface area contributed by atoms with E-state index in [2.05, 4.69) is 10.5 Å². The first-order chi connectivity index (χ1) is 9.63. The Morgan fingerprint density at radius 2 is 2.20 bits per heavy atom. The molecule has 0 saturated heterocycles. The topological polar surface area (TPSA) is 61.9 Å². The summed E-state index contributed by atoms with van der Waals surface area (Å²) in [7, 11) is 0. The van der Waals surface area contributed by atoms with Gasteiger partial charge in [-0.25, -0.2) is 4.39 Å². The molecule has 0 aliphatic rings. The molecule has 4 nitrogen and oxygen atoms in total. The molecule has 104 valence electrons. The van der Waals surface area contributed by atoms with Gasteiger partial charge in [-0.05, 0) is 38.8 Å². The lowest BCUT2D eigenvalue weighted by Gasteiger charge is -2.08. The first-order valence-electron chi connectivity index (χ1n) is 6.47. The molecule has 1 aromatic heterocycles. The molecule has 1 aromatic carbocycles. The van der Waals surface area contributed by atoms with Gasteiger partial charge < -0.3 is 9.84 Å². The van der Waals surface area contributed by atoms with Gasteiger partial charge >= 0.3 is 0 Å². The fraction of sp³-hybridized carbons (Fsp3) is 0.333. The molecule has 0 unspecified atom stereocenters. The maximum Gasteiger partial charge on any atom is 0.143 e. The van der Waals surface area contributed by atoms with E-state index in [1.54, 1.807) is 12.1 Å². The Bertz CT molecular complexity index is 624. The molecule has 1 heterocycles. The van der Waals surface area contributed by atoms with Gasteiger partial charge in [-0.2, -0.15) is 5.26 Å². The van der Waals surface area contributed by atoms with Crippen LogP contribution in [-0.2, 0) is 6.42 Å². The number of benzene rings is 1. The first-order valence-corrected chi connectivity index (χ1v) is 6.47. The highest BCUT2D eigenvalue weighted by atomic mass is 19.1. The van der Waals surface area contributed by atoms with E-state index >= 15 is 0 Å². The maximum absolute atomic E-state index is 13.4. The van der Waals surface area contributed by atoms with Gasteiger partial charge in [-0.15, -0.1) is 0 Å². The summed E-state index contributed by atoms with van der Waals surface area (Å²) < 4.78 is 18.5. The van der Waals surface area contributed by atoms with Gasteiger partial charge in [0.1, 0.15) is 23.2 Å². The molecule has 5 heteroatoms. The summed E-state index contributed by atoms with van der Waals surface area (Å²) in [5.74, 6) is 0.342. The number of nitriles is 1. The van der Waals surface area contributed by atoms with Crippen molar-refractivity contribution in [3.8, 4) is 6.07 Å². The fourth-order valence-electron chi connectivity index (χ4n) is 2.13. The monoisotopic (exact) mass is 273 g/mol. The summed E-state index contributed by atoms with van der Waals surface area (Å²) in [6, 6.07) is 6.46. The average molecular weight is 273 g/mol. The van der Waals surface area contributed by atoms with Gasteiger partial charge in [-0.1, -0.05) is 11.2 Å². The summed E-state index contributed by atoms with van der Waals surface area (Å²) in [4.78, 5) is 0. The van der Waals surface area contributed by atoms with E-state index in [4.69, 9.17) is 9.78 Å². The number of anilines is 1. The van der Waals surface area contributed by atoms with Gasteiger partial charge in [0.05, 0.1) is 11.4 Å². The van der Waals surface area contributed by atoms with E-state index in [-0.39, 0.29) is 5.56 Å². The van der Waals surface area contributed by atoms with Crippen molar-refractivity contribution < 1.29 is 8.91 Å². The van der Waals surface area contributed by atoms with Crippen LogP contribution in [0.5, 0.6) is 0 Å². The number of hydrogen-bond acceptors (Lipinski definition) is 4. The normalized spacial score (nSPS) is 10.3. The first kappa shape index (κ1) is 14.1. The number of nitrogens with zero attached hydrogens (tertiary/aromatic N) is 2. The third-order valence-corrected chi connectivity index (χ3v) is 3.23. The average Bonchev–Trinajstić information content (AvgIpc) is 2.75. The van der Waals surface area contributed by atoms with Crippen LogP contribution >= 0.6 is 0 Å². The third-order valence-electron chi connectivity index (χ3n) is 3.23. The molecule has 2 rings (SSSR count). The highest BCUT2D eigenvalue weighted by Crippen LogP contribution is 2.18. The van der Waals surface area contributed by atoms with Crippen molar-refractivity contribution in [2.75, 3.05) is 11.9 Å². The van der Waals surface area contributed by atoms with Crippen LogP contribution in [0.4, 0.5) is 10.1 Å². The second-order valence-corrected chi connectivity index (χ2v) is 4.61. The van der Waals surface area contributed by atoms with E-state index in [9.17, 15) is 4.39 Å². The molecule has 0 fully saturated rings. The molecule has 0 aliphatic carbocycles. The zero-order valence-corrected chi connectivity index (χ0v) is 11.5. The fourth-order valence-corrected chi connectivity index (χ4v) is 2.13. The zero-order chi connectivity index (χ0) is 14.5. The quantitative estimate of drug-likeness (QED) is 0.849. The van der Waals surface area contributed by atoms with Crippen molar-refractivity contribution in [1.29, 1.82) is 5.26 Å². The molecular weight excluding hydrogens is 257 g/mol. The van der Waals surface area contributed by atoms with Crippen molar-refractivity contribution in [3.05, 3.63) is 46.6 Å². The molecule has 0 bridgehead atoms. The van der Waals surface area contributed by atoms with Crippen molar-refractivity contribution >= 4 is 5.69 Å². The van der Waals surface area contributed by atoms with E-state index < -0.39 is 5.82 Å². The minimum Gasteiger partial charge on any atom is -0.384 e. The zero-order valence-electron chi connectivity index (χ0n) is 11.5. The van der Waals surface area contributed by atoms with Crippen LogP contribution in [0.15, 0.2) is 22.7 Å². The molecule has 0 aliphatic heterocycles. The Morgan fingerprint density at radius 1 is 1.40 bits per heavy atom. The predicted molar refractivity (Wildman–Crippen MR) is 73.9 cm³/mol. The highest BCUT2D eigenvalue weighted by molar-refractivity contribution is 5.57. The summed E-state index contributed by atoms with van der Waals surface area (Å²) in [6.45, 7) is 4.46. The van der Waals surface area contributed by atoms with Gasteiger partial charge in [-0.3, -0.25) is 0 Å². The third kappa shape index (κ3) is 2.97. The van der Waals surface area contributed by atoms with Crippen LogP contribution in [0, 0.1) is 31.0 Å². The van der Waals surface area contributed by atoms with Gasteiger partial charge in [0, 0.05) is 12.1 Å². The number of halogens is 1. The van der Waals surface area contributed by atoms with Gasteiger partial charge in [0.2, 0.25) is 0 Å². The molecule has 2 aromatic rings. The molecular formula is C15H16FN3O. The van der Waals surface area contributed by atoms with E-state index in [1.165, 1.54) is 6.07 Å². The second kappa shape index (κ2) is 6.20. The molecule has 0 spiro atoms. The highest BCUT2D eigenvalue weighted by Gasteiger charge is 2.09. The van der Waals surface area contributed by atoms with Crippen LogP contribution in [0.3, 0.4) is 0 Å². The lowest BCUT2D eigenvalue weighted by molar-refractivity contribution is 0.392. The number of aromatic nitrogens is 1. The van der Waals surface area contributed by atoms with Crippen molar-refractivity contribution in [3.63, 3.8) is 0 Å². The molecule has 20 heavy (non-hydrogen) atoms. The van der Waals surface area contributed by atoms with Crippen molar-refractivity contribution in [1.82, 2.24) is 5.16 Å². The van der Waals surface area contributed by atoms with Crippen LogP contribution in [0.25, 0.3) is 0 Å². The maximum atomic E-state index is 13.4. The van der Waals surface area contributed by atoms with Gasteiger partial charge in [0.25, 0.3) is 0 Å². The lowest BCUT2D eigenvalue weighted by Crippen LogP contribution is -2.06. The minimum absolute atomic E-state index is 0.0600. The summed E-state index contributed by atoms with van der Waals surface area (Å²) in [5.41, 5.74) is 2.62. The Hall–Kier alpha value is -2.35. The number of hydrogen-bond donors (Lipinski definition) is 1. The van der Waals surface area contributed by atoms with E-state index in [0.29, 0.717) is 12.2 Å². The molecule has 0 atom stereocenters. The lowest BCUT2D eigenvalue weighted by atomic mass is 10.1. The standard InChI is InChI=1S/C15H16FN3O/c1-10-12(11(2)20-19-10)5-4-8-18-15-7-3-6-14(16)13(15)9-17/h3,6-7,18H,4-5,8H2,1-2H3. The predicted octanol–water partition coefficient (Wildman–Crippen LogP) is 3.35. The Morgan fingerprint density at radius 3 is 2.85 bits per heavy atom. The Kier molecular flexibility index (Phi) is 4.36. The summed E-state index contributed by atoms with van der Waals surface area (Å²) >= 11 is 0. The van der Waals surface area contributed by atoms with Crippen molar-refractivity contribution in [2.24, 2.45) is 0 Å². The summed E-state index contributed by atoms with van der Waals surface area (Å²) in [6.07, 6.45) is 1.69. The molecule has 0 radical (unpaired) electrons. The molecule has 1 N–H and O–H groups in total. The largest absolute Gasteiger partial charge is 0.384 e. The van der Waals surface area contributed by atoms with Crippen LogP contribution < -0.4 is 5.32 Å². The number of nitrogens with one attached hydrogen (secondary N) is 1. The number of rotatable bonds is 5. The SMILES string of the molecule is Cc1noc(C)c1CCCNc1cccc(F)c1C#N. The van der Waals surface area contributed by atoms with E-state index in [0.717, 1.165) is 29.9 Å². The van der Waals surface area contributed by atoms with E-state index in [1.807, 2.05) is 19.9 Å². The van der Waals surface area contributed by atoms with Gasteiger partial charge in [0.15, 0.2) is 0 Å². The smallest absolute Gasteiger partial charge is 0.143 e. The Balaban J connectivity index is 1.91. The molecule has 0 saturated carbocycles.